The minimum atomic E-state index is -0.149. The lowest BCUT2D eigenvalue weighted by atomic mass is 9.81. The van der Waals surface area contributed by atoms with Crippen LogP contribution < -0.4 is 10.9 Å². The van der Waals surface area contributed by atoms with E-state index in [2.05, 4.69) is 10.9 Å². The van der Waals surface area contributed by atoms with Crippen LogP contribution in [0.2, 0.25) is 0 Å². The molecule has 2 amide bonds. The number of carbonyl (C=O) groups excluding carboxylic acids is 2. The molecule has 4 heteroatoms. The van der Waals surface area contributed by atoms with Gasteiger partial charge in [0.1, 0.15) is 0 Å². The molecule has 64 valence electrons. The summed E-state index contributed by atoms with van der Waals surface area (Å²) in [6, 6.07) is 0. The third-order valence-electron chi connectivity index (χ3n) is 2.41. The fourth-order valence-corrected chi connectivity index (χ4v) is 1.70. The molecule has 1 saturated heterocycles. The molecule has 1 fully saturated rings. The number of rotatable bonds is 0. The molecule has 2 atom stereocenters. The van der Waals surface area contributed by atoms with E-state index in [0.717, 1.165) is 0 Å². The summed E-state index contributed by atoms with van der Waals surface area (Å²) < 4.78 is 0. The third kappa shape index (κ3) is 0.995. The van der Waals surface area contributed by atoms with Crippen LogP contribution in [0.3, 0.4) is 0 Å². The molecule has 2 N–H and O–H groups in total. The summed E-state index contributed by atoms with van der Waals surface area (Å²) in [5.74, 6) is -0.430. The molecule has 0 aromatic heterocycles. The molecule has 0 spiro atoms. The van der Waals surface area contributed by atoms with Gasteiger partial charge in [0.05, 0.1) is 11.8 Å². The van der Waals surface area contributed by atoms with E-state index < -0.39 is 0 Å². The largest absolute Gasteiger partial charge is 0.273 e. The number of carbonyl (C=O) groups is 2. The van der Waals surface area contributed by atoms with E-state index in [1.165, 1.54) is 0 Å². The third-order valence-corrected chi connectivity index (χ3v) is 2.41. The van der Waals surface area contributed by atoms with Crippen LogP contribution in [0, 0.1) is 11.8 Å². The van der Waals surface area contributed by atoms with Crippen LogP contribution in [0.25, 0.3) is 0 Å². The van der Waals surface area contributed by atoms with Gasteiger partial charge in [0.2, 0.25) is 11.8 Å². The van der Waals surface area contributed by atoms with Gasteiger partial charge in [-0.05, 0) is 12.8 Å². The quantitative estimate of drug-likeness (QED) is 0.487. The van der Waals surface area contributed by atoms with Crippen molar-refractivity contribution in [3.05, 3.63) is 12.2 Å². The fourth-order valence-electron chi connectivity index (χ4n) is 1.70. The van der Waals surface area contributed by atoms with Crippen molar-refractivity contribution < 1.29 is 9.59 Å². The summed E-state index contributed by atoms with van der Waals surface area (Å²) in [6.45, 7) is 0. The van der Waals surface area contributed by atoms with Gasteiger partial charge in [-0.3, -0.25) is 20.4 Å². The molecule has 1 aliphatic carbocycles. The van der Waals surface area contributed by atoms with E-state index in [4.69, 9.17) is 0 Å². The Morgan fingerprint density at radius 2 is 1.42 bits per heavy atom. The summed E-state index contributed by atoms with van der Waals surface area (Å²) in [6.07, 6.45) is 5.28. The first-order chi connectivity index (χ1) is 5.79. The van der Waals surface area contributed by atoms with Crippen molar-refractivity contribution in [2.24, 2.45) is 11.8 Å². The van der Waals surface area contributed by atoms with Crippen molar-refractivity contribution in [3.8, 4) is 0 Å². The Labute approximate surface area is 70.0 Å². The monoisotopic (exact) mass is 166 g/mol. The van der Waals surface area contributed by atoms with Gasteiger partial charge in [-0.2, -0.15) is 0 Å². The van der Waals surface area contributed by atoms with E-state index in [1.807, 2.05) is 12.2 Å². The van der Waals surface area contributed by atoms with Gasteiger partial charge in [-0.25, -0.2) is 0 Å². The number of hydrogen-bond donors (Lipinski definition) is 2. The topological polar surface area (TPSA) is 58.2 Å². The van der Waals surface area contributed by atoms with Crippen molar-refractivity contribution in [3.63, 3.8) is 0 Å². The van der Waals surface area contributed by atoms with E-state index in [9.17, 15) is 9.59 Å². The minimum Gasteiger partial charge on any atom is -0.273 e. The molecule has 0 aromatic carbocycles. The molecular weight excluding hydrogens is 156 g/mol. The van der Waals surface area contributed by atoms with Crippen molar-refractivity contribution in [2.75, 3.05) is 0 Å². The number of allylic oxidation sites excluding steroid dienone is 2. The number of amides is 2. The number of hydrogen-bond acceptors (Lipinski definition) is 2. The Kier molecular flexibility index (Phi) is 1.60. The smallest absolute Gasteiger partial charge is 0.242 e. The molecular formula is C8H10N2O2. The highest BCUT2D eigenvalue weighted by Gasteiger charge is 2.37. The van der Waals surface area contributed by atoms with E-state index in [0.29, 0.717) is 12.8 Å². The molecule has 0 radical (unpaired) electrons. The van der Waals surface area contributed by atoms with Gasteiger partial charge < -0.3 is 0 Å². The second-order valence-corrected chi connectivity index (χ2v) is 3.13. The normalized spacial score (nSPS) is 33.7. The van der Waals surface area contributed by atoms with Gasteiger partial charge >= 0.3 is 0 Å². The predicted octanol–water partition coefficient (Wildman–Crippen LogP) is -0.270. The maximum absolute atomic E-state index is 11.2. The first-order valence-corrected chi connectivity index (χ1v) is 4.04. The predicted molar refractivity (Wildman–Crippen MR) is 41.6 cm³/mol. The van der Waals surface area contributed by atoms with Crippen molar-refractivity contribution in [2.45, 2.75) is 12.8 Å². The first kappa shape index (κ1) is 7.34. The summed E-state index contributed by atoms with van der Waals surface area (Å²) in [4.78, 5) is 22.4. The number of hydrazine groups is 1. The van der Waals surface area contributed by atoms with Crippen LogP contribution in [0.5, 0.6) is 0 Å². The Morgan fingerprint density at radius 1 is 1.00 bits per heavy atom. The molecule has 0 bridgehead atoms. The molecule has 2 rings (SSSR count). The van der Waals surface area contributed by atoms with Crippen LogP contribution in [-0.2, 0) is 9.59 Å². The molecule has 0 aromatic rings. The van der Waals surface area contributed by atoms with Gasteiger partial charge in [0.15, 0.2) is 0 Å². The lowest BCUT2D eigenvalue weighted by Gasteiger charge is -2.31. The molecule has 4 nitrogen and oxygen atoms in total. The molecule has 0 unspecified atom stereocenters. The Hall–Kier alpha value is -1.32. The zero-order valence-corrected chi connectivity index (χ0v) is 6.54. The standard InChI is InChI=1S/C8H10N2O2/c11-7-5-3-1-2-4-6(5)8(12)10-9-7/h1-2,5-6H,3-4H2,(H,9,11)(H,10,12)/t5-,6-/m1/s1. The van der Waals surface area contributed by atoms with Gasteiger partial charge in [0.25, 0.3) is 0 Å². The average Bonchev–Trinajstić information content (AvgIpc) is 2.12. The van der Waals surface area contributed by atoms with Gasteiger partial charge in [-0.15, -0.1) is 0 Å². The van der Waals surface area contributed by atoms with Crippen LogP contribution in [-0.4, -0.2) is 11.8 Å². The number of fused-ring (bicyclic) bond motifs is 1. The second kappa shape index (κ2) is 2.62. The highest BCUT2D eigenvalue weighted by atomic mass is 16.2. The summed E-state index contributed by atoms with van der Waals surface area (Å²) in [5.41, 5.74) is 4.72. The van der Waals surface area contributed by atoms with Crippen LogP contribution in [0.15, 0.2) is 12.2 Å². The lowest BCUT2D eigenvalue weighted by Crippen LogP contribution is -2.56. The van der Waals surface area contributed by atoms with Crippen molar-refractivity contribution >= 4 is 11.8 Å². The molecule has 1 heterocycles. The SMILES string of the molecule is O=C1NNC(=O)[C@@H]2CC=CC[C@@H]12. The Balaban J connectivity index is 2.23. The van der Waals surface area contributed by atoms with E-state index in [1.54, 1.807) is 0 Å². The van der Waals surface area contributed by atoms with Crippen molar-refractivity contribution in [1.29, 1.82) is 0 Å². The van der Waals surface area contributed by atoms with E-state index >= 15 is 0 Å². The highest BCUT2D eigenvalue weighted by Crippen LogP contribution is 2.27. The fraction of sp³-hybridized carbons (Fsp3) is 0.500. The summed E-state index contributed by atoms with van der Waals surface area (Å²) >= 11 is 0. The molecule has 2 aliphatic rings. The zero-order valence-electron chi connectivity index (χ0n) is 6.54. The van der Waals surface area contributed by atoms with Crippen LogP contribution in [0.4, 0.5) is 0 Å². The zero-order chi connectivity index (χ0) is 8.55. The maximum Gasteiger partial charge on any atom is 0.242 e. The molecule has 0 saturated carbocycles. The number of nitrogens with one attached hydrogen (secondary N) is 2. The Morgan fingerprint density at radius 3 is 1.83 bits per heavy atom. The summed E-state index contributed by atoms with van der Waals surface area (Å²) in [5, 5.41) is 0. The van der Waals surface area contributed by atoms with Gasteiger partial charge in [0, 0.05) is 0 Å². The summed E-state index contributed by atoms with van der Waals surface area (Å²) in [7, 11) is 0. The molecule has 1 aliphatic heterocycles. The first-order valence-electron chi connectivity index (χ1n) is 4.04. The lowest BCUT2D eigenvalue weighted by molar-refractivity contribution is -0.143. The van der Waals surface area contributed by atoms with E-state index in [-0.39, 0.29) is 23.7 Å². The minimum absolute atomic E-state index is 0.0658. The van der Waals surface area contributed by atoms with Crippen molar-refractivity contribution in [1.82, 2.24) is 10.9 Å². The van der Waals surface area contributed by atoms with Crippen LogP contribution >= 0.6 is 0 Å². The van der Waals surface area contributed by atoms with Gasteiger partial charge in [-0.1, -0.05) is 12.2 Å². The maximum atomic E-state index is 11.2. The highest BCUT2D eigenvalue weighted by molar-refractivity contribution is 5.93. The average molecular weight is 166 g/mol. The Bertz CT molecular complexity index is 234. The second-order valence-electron chi connectivity index (χ2n) is 3.13. The molecule has 12 heavy (non-hydrogen) atoms. The van der Waals surface area contributed by atoms with Crippen LogP contribution in [0.1, 0.15) is 12.8 Å².